The fourth-order valence-electron chi connectivity index (χ4n) is 3.45. The number of carbonyl (C=O) groups is 2. The van der Waals surface area contributed by atoms with E-state index in [1.165, 1.54) is 16.2 Å². The molecule has 0 spiro atoms. The van der Waals surface area contributed by atoms with Crippen molar-refractivity contribution in [1.29, 1.82) is 0 Å². The van der Waals surface area contributed by atoms with E-state index in [0.717, 1.165) is 21.7 Å². The summed E-state index contributed by atoms with van der Waals surface area (Å²) < 4.78 is 5.18. The molecule has 0 atom stereocenters. The van der Waals surface area contributed by atoms with Crippen molar-refractivity contribution in [3.8, 4) is 5.75 Å². The van der Waals surface area contributed by atoms with E-state index < -0.39 is 0 Å². The highest BCUT2D eigenvalue weighted by atomic mass is 32.1. The number of nitrogens with zero attached hydrogens (tertiary/aromatic N) is 1. The van der Waals surface area contributed by atoms with Gasteiger partial charge in [0.2, 0.25) is 0 Å². The number of thiophene rings is 1. The van der Waals surface area contributed by atoms with Gasteiger partial charge < -0.3 is 10.1 Å². The molecule has 2 aromatic carbocycles. The Labute approximate surface area is 173 Å². The van der Waals surface area contributed by atoms with Crippen LogP contribution in [0.5, 0.6) is 5.75 Å². The molecule has 2 amide bonds. The third kappa shape index (κ3) is 3.54. The van der Waals surface area contributed by atoms with Crippen LogP contribution >= 0.6 is 11.3 Å². The van der Waals surface area contributed by atoms with Gasteiger partial charge in [0, 0.05) is 10.6 Å². The third-order valence-electron chi connectivity index (χ3n) is 4.67. The highest BCUT2D eigenvalue weighted by Gasteiger charge is 2.40. The van der Waals surface area contributed by atoms with Crippen molar-refractivity contribution in [2.24, 2.45) is 0 Å². The Morgan fingerprint density at radius 3 is 2.21 bits per heavy atom. The lowest BCUT2D eigenvalue weighted by Gasteiger charge is -2.16. The molecule has 2 heterocycles. The Hall–Kier alpha value is -3.38. The van der Waals surface area contributed by atoms with E-state index in [2.05, 4.69) is 11.4 Å². The van der Waals surface area contributed by atoms with Crippen molar-refractivity contribution in [1.82, 2.24) is 0 Å². The third-order valence-corrected chi connectivity index (χ3v) is 5.56. The predicted molar refractivity (Wildman–Crippen MR) is 116 cm³/mol. The van der Waals surface area contributed by atoms with E-state index in [4.69, 9.17) is 4.74 Å². The second-order valence-corrected chi connectivity index (χ2v) is 7.82. The fraction of sp³-hybridized carbons (Fsp3) is 0.130. The molecule has 5 nitrogen and oxygen atoms in total. The molecule has 1 N–H and O–H groups in total. The minimum Gasteiger partial charge on any atom is -0.497 e. The summed E-state index contributed by atoms with van der Waals surface area (Å²) >= 11 is 1.43. The Bertz CT molecular complexity index is 1100. The summed E-state index contributed by atoms with van der Waals surface area (Å²) in [5, 5.41) is 5.11. The Morgan fingerprint density at radius 2 is 1.62 bits per heavy atom. The van der Waals surface area contributed by atoms with E-state index >= 15 is 0 Å². The summed E-state index contributed by atoms with van der Waals surface area (Å²) in [7, 11) is 1.57. The number of benzene rings is 2. The lowest BCUT2D eigenvalue weighted by Crippen LogP contribution is -2.32. The van der Waals surface area contributed by atoms with Gasteiger partial charge in [0.05, 0.1) is 18.4 Å². The second kappa shape index (κ2) is 7.56. The molecular formula is C23H20N2O3S. The summed E-state index contributed by atoms with van der Waals surface area (Å²) in [6.07, 6.45) is 0. The lowest BCUT2D eigenvalue weighted by molar-refractivity contribution is -0.120. The van der Waals surface area contributed by atoms with Gasteiger partial charge in [0.25, 0.3) is 11.8 Å². The van der Waals surface area contributed by atoms with Crippen LogP contribution in [0.2, 0.25) is 0 Å². The van der Waals surface area contributed by atoms with Gasteiger partial charge >= 0.3 is 0 Å². The Morgan fingerprint density at radius 1 is 0.931 bits per heavy atom. The van der Waals surface area contributed by atoms with E-state index in [9.17, 15) is 9.59 Å². The molecular weight excluding hydrogens is 384 g/mol. The van der Waals surface area contributed by atoms with Crippen LogP contribution in [0.25, 0.3) is 5.57 Å². The highest BCUT2D eigenvalue weighted by Crippen LogP contribution is 2.36. The lowest BCUT2D eigenvalue weighted by atomic mass is 10.1. The maximum absolute atomic E-state index is 13.3. The number of nitrogens with one attached hydrogen (secondary N) is 1. The maximum Gasteiger partial charge on any atom is 0.282 e. The quantitative estimate of drug-likeness (QED) is 0.623. The first-order valence-corrected chi connectivity index (χ1v) is 10.0. The second-order valence-electron chi connectivity index (χ2n) is 6.87. The van der Waals surface area contributed by atoms with Gasteiger partial charge in [-0.1, -0.05) is 12.1 Å². The zero-order chi connectivity index (χ0) is 20.5. The van der Waals surface area contributed by atoms with E-state index in [1.807, 2.05) is 43.5 Å². The number of anilines is 2. The minimum absolute atomic E-state index is 0.290. The molecule has 1 aromatic heterocycles. The van der Waals surface area contributed by atoms with Crippen LogP contribution in [0.3, 0.4) is 0 Å². The largest absolute Gasteiger partial charge is 0.497 e. The van der Waals surface area contributed by atoms with Crippen LogP contribution in [0.15, 0.2) is 65.7 Å². The summed E-state index contributed by atoms with van der Waals surface area (Å²) in [6.45, 7) is 4.00. The fourth-order valence-corrected chi connectivity index (χ4v) is 4.22. The van der Waals surface area contributed by atoms with Crippen LogP contribution in [-0.2, 0) is 9.59 Å². The summed E-state index contributed by atoms with van der Waals surface area (Å²) in [6, 6.07) is 16.6. The highest BCUT2D eigenvalue weighted by molar-refractivity contribution is 7.11. The van der Waals surface area contributed by atoms with Crippen molar-refractivity contribution in [3.63, 3.8) is 0 Å². The van der Waals surface area contributed by atoms with Crippen molar-refractivity contribution in [2.45, 2.75) is 13.8 Å². The molecule has 1 aliphatic heterocycles. The number of amides is 2. The molecule has 0 aliphatic carbocycles. The maximum atomic E-state index is 13.3. The van der Waals surface area contributed by atoms with Crippen LogP contribution in [-0.4, -0.2) is 18.9 Å². The monoisotopic (exact) mass is 404 g/mol. The number of methoxy groups -OCH3 is 1. The molecule has 0 bridgehead atoms. The zero-order valence-electron chi connectivity index (χ0n) is 16.4. The molecule has 146 valence electrons. The average molecular weight is 404 g/mol. The molecule has 0 saturated heterocycles. The van der Waals surface area contributed by atoms with Crippen LogP contribution in [0, 0.1) is 13.8 Å². The average Bonchev–Trinajstić information content (AvgIpc) is 3.28. The van der Waals surface area contributed by atoms with Gasteiger partial charge in [0.15, 0.2) is 0 Å². The SMILES string of the molecule is COc1ccc(N2C(=O)C(Nc3cc(C)cc(C)c3)=C(c3cccs3)C2=O)cc1. The van der Waals surface area contributed by atoms with Crippen molar-refractivity contribution >= 4 is 40.1 Å². The first kappa shape index (κ1) is 19.0. The zero-order valence-corrected chi connectivity index (χ0v) is 17.2. The molecule has 0 fully saturated rings. The number of carbonyl (C=O) groups excluding carboxylic acids is 2. The molecule has 29 heavy (non-hydrogen) atoms. The van der Waals surface area contributed by atoms with Gasteiger partial charge in [-0.25, -0.2) is 4.90 Å². The number of rotatable bonds is 5. The molecule has 6 heteroatoms. The number of hydrogen-bond donors (Lipinski definition) is 1. The van der Waals surface area contributed by atoms with Crippen molar-refractivity contribution in [2.75, 3.05) is 17.3 Å². The number of ether oxygens (including phenoxy) is 1. The summed E-state index contributed by atoms with van der Waals surface area (Å²) in [5.74, 6) is -0.0508. The van der Waals surface area contributed by atoms with Crippen LogP contribution in [0.1, 0.15) is 16.0 Å². The first-order chi connectivity index (χ1) is 14.0. The molecule has 1 aliphatic rings. The minimum atomic E-state index is -0.372. The predicted octanol–water partition coefficient (Wildman–Crippen LogP) is 4.77. The molecule has 3 aromatic rings. The van der Waals surface area contributed by atoms with Gasteiger partial charge in [0.1, 0.15) is 11.4 Å². The Kier molecular flexibility index (Phi) is 4.94. The normalized spacial score (nSPS) is 14.0. The number of imide groups is 1. The number of aryl methyl sites for hydroxylation is 2. The van der Waals surface area contributed by atoms with Crippen molar-refractivity contribution < 1.29 is 14.3 Å². The van der Waals surface area contributed by atoms with Gasteiger partial charge in [-0.05, 0) is 72.8 Å². The van der Waals surface area contributed by atoms with Crippen LogP contribution in [0.4, 0.5) is 11.4 Å². The summed E-state index contributed by atoms with van der Waals surface area (Å²) in [4.78, 5) is 28.6. The van der Waals surface area contributed by atoms with E-state index in [1.54, 1.807) is 31.4 Å². The first-order valence-electron chi connectivity index (χ1n) is 9.14. The molecule has 4 rings (SSSR count). The smallest absolute Gasteiger partial charge is 0.282 e. The summed E-state index contributed by atoms with van der Waals surface area (Å²) in [5.41, 5.74) is 4.12. The number of hydrogen-bond acceptors (Lipinski definition) is 5. The van der Waals surface area contributed by atoms with Crippen molar-refractivity contribution in [3.05, 3.63) is 81.7 Å². The molecule has 0 unspecified atom stereocenters. The van der Waals surface area contributed by atoms with Crippen LogP contribution < -0.4 is 15.0 Å². The topological polar surface area (TPSA) is 58.6 Å². The van der Waals surface area contributed by atoms with Gasteiger partial charge in [-0.3, -0.25) is 9.59 Å². The van der Waals surface area contributed by atoms with Gasteiger partial charge in [-0.2, -0.15) is 0 Å². The molecule has 0 radical (unpaired) electrons. The van der Waals surface area contributed by atoms with Gasteiger partial charge in [-0.15, -0.1) is 11.3 Å². The van der Waals surface area contributed by atoms with E-state index in [0.29, 0.717) is 22.7 Å². The Balaban J connectivity index is 1.78. The standard InChI is InChI=1S/C23H20N2O3S/c1-14-11-15(2)13-16(12-14)24-21-20(19-5-4-10-29-19)22(26)25(23(21)27)17-6-8-18(28-3)9-7-17/h4-13,24H,1-3H3. The molecule has 0 saturated carbocycles. The van der Waals surface area contributed by atoms with E-state index in [-0.39, 0.29) is 11.8 Å².